The van der Waals surface area contributed by atoms with Gasteiger partial charge in [-0.25, -0.2) is 0 Å². The van der Waals surface area contributed by atoms with Gasteiger partial charge in [-0.15, -0.1) is 0 Å². The summed E-state index contributed by atoms with van der Waals surface area (Å²) in [7, 11) is 1.50. The molecule has 6 heteroatoms. The predicted octanol–water partition coefficient (Wildman–Crippen LogP) is 0.532. The molecule has 104 valence electrons. The number of carbonyl (C=O) groups excluding carboxylic acids is 2. The zero-order valence-corrected chi connectivity index (χ0v) is 11.3. The highest BCUT2D eigenvalue weighted by Crippen LogP contribution is 2.19. The van der Waals surface area contributed by atoms with Gasteiger partial charge in [0, 0.05) is 11.7 Å². The van der Waals surface area contributed by atoms with Crippen molar-refractivity contribution in [2.24, 2.45) is 0 Å². The first kappa shape index (κ1) is 14.8. The summed E-state index contributed by atoms with van der Waals surface area (Å²) in [5.41, 5.74) is 6.34. The number of rotatable bonds is 5. The van der Waals surface area contributed by atoms with Crippen LogP contribution in [0.15, 0.2) is 18.2 Å². The van der Waals surface area contributed by atoms with Gasteiger partial charge in [0.15, 0.2) is 0 Å². The molecule has 0 aliphatic heterocycles. The molecule has 0 saturated carbocycles. The zero-order valence-electron chi connectivity index (χ0n) is 11.3. The molecule has 0 radical (unpaired) electrons. The van der Waals surface area contributed by atoms with E-state index < -0.39 is 5.91 Å². The molecule has 0 aliphatic rings. The SMILES string of the molecule is COc1ccc(N)c(C(=O)NCC(=O)NC(C)C)c1. The van der Waals surface area contributed by atoms with Crippen LogP contribution in [0, 0.1) is 0 Å². The standard InChI is InChI=1S/C13H19N3O3/c1-8(2)16-12(17)7-15-13(18)10-6-9(19-3)4-5-11(10)14/h4-6,8H,7,14H2,1-3H3,(H,15,18)(H,16,17). The Morgan fingerprint density at radius 3 is 2.63 bits per heavy atom. The number of benzene rings is 1. The number of hydrogen-bond donors (Lipinski definition) is 3. The Kier molecular flexibility index (Phi) is 5.17. The number of methoxy groups -OCH3 is 1. The first-order chi connectivity index (χ1) is 8.93. The van der Waals surface area contributed by atoms with Crippen molar-refractivity contribution < 1.29 is 14.3 Å². The lowest BCUT2D eigenvalue weighted by atomic mass is 10.1. The number of hydrogen-bond acceptors (Lipinski definition) is 4. The lowest BCUT2D eigenvalue weighted by molar-refractivity contribution is -0.120. The average Bonchev–Trinajstić information content (AvgIpc) is 2.35. The minimum absolute atomic E-state index is 0.0336. The van der Waals surface area contributed by atoms with Crippen LogP contribution < -0.4 is 21.1 Å². The number of nitrogens with one attached hydrogen (secondary N) is 2. The van der Waals surface area contributed by atoms with Crippen molar-refractivity contribution in [1.82, 2.24) is 10.6 Å². The topological polar surface area (TPSA) is 93.4 Å². The van der Waals surface area contributed by atoms with Crippen molar-refractivity contribution in [3.8, 4) is 5.75 Å². The van der Waals surface area contributed by atoms with Crippen LogP contribution in [0.1, 0.15) is 24.2 Å². The number of anilines is 1. The van der Waals surface area contributed by atoms with E-state index in [-0.39, 0.29) is 24.1 Å². The zero-order chi connectivity index (χ0) is 14.4. The van der Waals surface area contributed by atoms with E-state index in [2.05, 4.69) is 10.6 Å². The number of nitrogens with two attached hydrogens (primary N) is 1. The quantitative estimate of drug-likeness (QED) is 0.677. The summed E-state index contributed by atoms with van der Waals surface area (Å²) in [6, 6.07) is 4.82. The molecule has 1 rings (SSSR count). The fourth-order valence-corrected chi connectivity index (χ4v) is 1.49. The molecule has 0 heterocycles. The highest BCUT2D eigenvalue weighted by molar-refractivity contribution is 6.01. The van der Waals surface area contributed by atoms with Crippen LogP contribution in [0.3, 0.4) is 0 Å². The minimum atomic E-state index is -0.407. The number of amides is 2. The van der Waals surface area contributed by atoms with Crippen molar-refractivity contribution >= 4 is 17.5 Å². The summed E-state index contributed by atoms with van der Waals surface area (Å²) in [6.07, 6.45) is 0. The van der Waals surface area contributed by atoms with E-state index in [1.165, 1.54) is 13.2 Å². The summed E-state index contributed by atoms with van der Waals surface area (Å²) < 4.78 is 5.02. The Morgan fingerprint density at radius 1 is 1.37 bits per heavy atom. The Hall–Kier alpha value is -2.24. The molecular weight excluding hydrogens is 246 g/mol. The van der Waals surface area contributed by atoms with Crippen molar-refractivity contribution in [2.45, 2.75) is 19.9 Å². The Bertz CT molecular complexity index is 472. The molecule has 0 atom stereocenters. The van der Waals surface area contributed by atoms with Crippen molar-refractivity contribution in [3.05, 3.63) is 23.8 Å². The van der Waals surface area contributed by atoms with E-state index in [4.69, 9.17) is 10.5 Å². The molecule has 0 saturated heterocycles. The molecule has 0 fully saturated rings. The summed E-state index contributed by atoms with van der Waals surface area (Å²) >= 11 is 0. The summed E-state index contributed by atoms with van der Waals surface area (Å²) in [4.78, 5) is 23.3. The summed E-state index contributed by atoms with van der Waals surface area (Å²) in [5.74, 6) is -0.119. The lowest BCUT2D eigenvalue weighted by Gasteiger charge is -2.11. The molecule has 0 unspecified atom stereocenters. The van der Waals surface area contributed by atoms with Gasteiger partial charge in [-0.2, -0.15) is 0 Å². The van der Waals surface area contributed by atoms with Gasteiger partial charge in [-0.05, 0) is 32.0 Å². The van der Waals surface area contributed by atoms with Crippen molar-refractivity contribution in [1.29, 1.82) is 0 Å². The third-order valence-corrected chi connectivity index (χ3v) is 2.36. The molecular formula is C13H19N3O3. The number of nitrogen functional groups attached to an aromatic ring is 1. The average molecular weight is 265 g/mol. The van der Waals surface area contributed by atoms with Gasteiger partial charge in [0.1, 0.15) is 5.75 Å². The molecule has 2 amide bonds. The molecule has 0 spiro atoms. The van der Waals surface area contributed by atoms with E-state index in [9.17, 15) is 9.59 Å². The van der Waals surface area contributed by atoms with Crippen molar-refractivity contribution in [2.75, 3.05) is 19.4 Å². The maximum Gasteiger partial charge on any atom is 0.253 e. The summed E-state index contributed by atoms with van der Waals surface area (Å²) in [6.45, 7) is 3.60. The molecule has 6 nitrogen and oxygen atoms in total. The van der Waals surface area contributed by atoms with Gasteiger partial charge in [0.2, 0.25) is 5.91 Å². The number of ether oxygens (including phenoxy) is 1. The first-order valence-electron chi connectivity index (χ1n) is 5.95. The van der Waals surface area contributed by atoms with E-state index in [1.807, 2.05) is 13.8 Å². The smallest absolute Gasteiger partial charge is 0.253 e. The van der Waals surface area contributed by atoms with Gasteiger partial charge in [0.05, 0.1) is 19.2 Å². The van der Waals surface area contributed by atoms with E-state index >= 15 is 0 Å². The van der Waals surface area contributed by atoms with Crippen LogP contribution in [0.5, 0.6) is 5.75 Å². The number of carbonyl (C=O) groups is 2. The van der Waals surface area contributed by atoms with E-state index in [1.54, 1.807) is 12.1 Å². The van der Waals surface area contributed by atoms with Gasteiger partial charge >= 0.3 is 0 Å². The maximum atomic E-state index is 11.9. The fourth-order valence-electron chi connectivity index (χ4n) is 1.49. The molecule has 4 N–H and O–H groups in total. The third kappa shape index (κ3) is 4.50. The molecule has 1 aromatic rings. The van der Waals surface area contributed by atoms with Gasteiger partial charge in [-0.3, -0.25) is 9.59 Å². The second-order valence-corrected chi connectivity index (χ2v) is 4.36. The lowest BCUT2D eigenvalue weighted by Crippen LogP contribution is -2.39. The highest BCUT2D eigenvalue weighted by Gasteiger charge is 2.12. The molecule has 19 heavy (non-hydrogen) atoms. The Labute approximate surface area is 112 Å². The van der Waals surface area contributed by atoms with Crippen LogP contribution in [0.25, 0.3) is 0 Å². The van der Waals surface area contributed by atoms with Crippen LogP contribution in [0.4, 0.5) is 5.69 Å². The fraction of sp³-hybridized carbons (Fsp3) is 0.385. The predicted molar refractivity (Wildman–Crippen MR) is 73.0 cm³/mol. The maximum absolute atomic E-state index is 11.9. The molecule has 0 aliphatic carbocycles. The van der Waals surface area contributed by atoms with Crippen LogP contribution in [-0.2, 0) is 4.79 Å². The largest absolute Gasteiger partial charge is 0.497 e. The van der Waals surface area contributed by atoms with Crippen LogP contribution in [-0.4, -0.2) is 31.5 Å². The van der Waals surface area contributed by atoms with Crippen LogP contribution in [0.2, 0.25) is 0 Å². The summed E-state index contributed by atoms with van der Waals surface area (Å²) in [5, 5.41) is 5.19. The van der Waals surface area contributed by atoms with Gasteiger partial charge in [-0.1, -0.05) is 0 Å². The molecule has 0 aromatic heterocycles. The van der Waals surface area contributed by atoms with Gasteiger partial charge in [0.25, 0.3) is 5.91 Å². The molecule has 0 bridgehead atoms. The van der Waals surface area contributed by atoms with Gasteiger partial charge < -0.3 is 21.1 Å². The van der Waals surface area contributed by atoms with E-state index in [0.29, 0.717) is 11.4 Å². The second kappa shape index (κ2) is 6.63. The second-order valence-electron chi connectivity index (χ2n) is 4.36. The Balaban J connectivity index is 2.65. The molecule has 1 aromatic carbocycles. The normalized spacial score (nSPS) is 10.1. The van der Waals surface area contributed by atoms with Crippen LogP contribution >= 0.6 is 0 Å². The Morgan fingerprint density at radius 2 is 2.05 bits per heavy atom. The van der Waals surface area contributed by atoms with Crippen molar-refractivity contribution in [3.63, 3.8) is 0 Å². The van der Waals surface area contributed by atoms with E-state index in [0.717, 1.165) is 0 Å². The monoisotopic (exact) mass is 265 g/mol. The third-order valence-electron chi connectivity index (χ3n) is 2.36. The minimum Gasteiger partial charge on any atom is -0.497 e. The first-order valence-corrected chi connectivity index (χ1v) is 5.95. The highest BCUT2D eigenvalue weighted by atomic mass is 16.5.